The van der Waals surface area contributed by atoms with Crippen molar-refractivity contribution in [3.05, 3.63) is 76.8 Å². The molecule has 0 aliphatic heterocycles. The summed E-state index contributed by atoms with van der Waals surface area (Å²) in [4.78, 5) is 4.84. The van der Waals surface area contributed by atoms with Crippen LogP contribution in [0.15, 0.2) is 66.7 Å². The number of rotatable bonds is 4. The van der Waals surface area contributed by atoms with E-state index in [1.54, 1.807) is 14.2 Å². The number of hydrogen-bond acceptors (Lipinski definition) is 3. The van der Waals surface area contributed by atoms with Gasteiger partial charge >= 0.3 is 0 Å². The van der Waals surface area contributed by atoms with E-state index in [1.807, 2.05) is 66.7 Å². The van der Waals surface area contributed by atoms with Crippen LogP contribution in [0.1, 0.15) is 0 Å². The van der Waals surface area contributed by atoms with Gasteiger partial charge in [-0.15, -0.1) is 0 Å². The van der Waals surface area contributed by atoms with Crippen molar-refractivity contribution in [3.63, 3.8) is 0 Å². The molecule has 0 spiro atoms. The average molecular weight is 410 g/mol. The zero-order chi connectivity index (χ0) is 19.7. The molecule has 0 saturated heterocycles. The van der Waals surface area contributed by atoms with Crippen molar-refractivity contribution in [1.29, 1.82) is 0 Å². The summed E-state index contributed by atoms with van der Waals surface area (Å²) in [7, 11) is 3.26. The Bertz CT molecular complexity index is 1170. The Kier molecular flexibility index (Phi) is 5.12. The molecule has 0 aliphatic rings. The molecule has 1 aromatic heterocycles. The largest absolute Gasteiger partial charge is 0.497 e. The van der Waals surface area contributed by atoms with Crippen LogP contribution in [-0.2, 0) is 0 Å². The van der Waals surface area contributed by atoms with Crippen molar-refractivity contribution in [2.45, 2.75) is 0 Å². The van der Waals surface area contributed by atoms with E-state index >= 15 is 0 Å². The standard InChI is InChI=1S/C23H17Cl2NO2/c1-27-15-8-9-17(23(12-15)28-2)22-13-18(16-5-3-4-6-20(16)25)19-11-14(24)7-10-21(19)26-22/h3-13H,1-2H3. The number of aromatic nitrogens is 1. The maximum Gasteiger partial charge on any atom is 0.131 e. The Hall–Kier alpha value is -2.75. The van der Waals surface area contributed by atoms with Crippen LogP contribution in [0.3, 0.4) is 0 Å². The lowest BCUT2D eigenvalue weighted by atomic mass is 9.98. The first-order valence-electron chi connectivity index (χ1n) is 8.68. The van der Waals surface area contributed by atoms with E-state index in [1.165, 1.54) is 0 Å². The molecule has 0 N–H and O–H groups in total. The third-order valence-electron chi connectivity index (χ3n) is 4.62. The summed E-state index contributed by atoms with van der Waals surface area (Å²) in [5, 5.41) is 2.26. The van der Waals surface area contributed by atoms with E-state index in [-0.39, 0.29) is 0 Å². The number of methoxy groups -OCH3 is 2. The van der Waals surface area contributed by atoms with E-state index in [9.17, 15) is 0 Å². The monoisotopic (exact) mass is 409 g/mol. The first-order chi connectivity index (χ1) is 13.6. The fraction of sp³-hybridized carbons (Fsp3) is 0.0870. The van der Waals surface area contributed by atoms with Gasteiger partial charge in [-0.2, -0.15) is 0 Å². The molecule has 0 aliphatic carbocycles. The molecule has 0 saturated carbocycles. The number of benzene rings is 3. The maximum atomic E-state index is 6.50. The van der Waals surface area contributed by atoms with Crippen LogP contribution < -0.4 is 9.47 Å². The molecule has 0 amide bonds. The zero-order valence-electron chi connectivity index (χ0n) is 15.4. The summed E-state index contributed by atoms with van der Waals surface area (Å²) < 4.78 is 10.9. The third kappa shape index (κ3) is 3.39. The number of hydrogen-bond donors (Lipinski definition) is 0. The zero-order valence-corrected chi connectivity index (χ0v) is 16.9. The van der Waals surface area contributed by atoms with E-state index in [0.29, 0.717) is 15.8 Å². The van der Waals surface area contributed by atoms with E-state index < -0.39 is 0 Å². The van der Waals surface area contributed by atoms with Crippen molar-refractivity contribution in [2.75, 3.05) is 14.2 Å². The number of pyridine rings is 1. The normalized spacial score (nSPS) is 10.9. The van der Waals surface area contributed by atoms with Gasteiger partial charge in [0.25, 0.3) is 0 Å². The van der Waals surface area contributed by atoms with Crippen LogP contribution in [0.5, 0.6) is 11.5 Å². The molecule has 0 bridgehead atoms. The third-order valence-corrected chi connectivity index (χ3v) is 5.18. The summed E-state index contributed by atoms with van der Waals surface area (Å²) in [6.45, 7) is 0. The number of fused-ring (bicyclic) bond motifs is 1. The van der Waals surface area contributed by atoms with Gasteiger partial charge in [0, 0.05) is 32.6 Å². The second-order valence-corrected chi connectivity index (χ2v) is 7.11. The Balaban J connectivity index is 2.02. The van der Waals surface area contributed by atoms with Crippen molar-refractivity contribution >= 4 is 34.1 Å². The molecule has 0 radical (unpaired) electrons. The summed E-state index contributed by atoms with van der Waals surface area (Å²) >= 11 is 12.8. The molecule has 4 aromatic rings. The topological polar surface area (TPSA) is 31.4 Å². The first kappa shape index (κ1) is 18.6. The Morgan fingerprint density at radius 1 is 0.750 bits per heavy atom. The molecule has 28 heavy (non-hydrogen) atoms. The van der Waals surface area contributed by atoms with Crippen LogP contribution in [0, 0.1) is 0 Å². The van der Waals surface area contributed by atoms with Crippen LogP contribution >= 0.6 is 23.2 Å². The second kappa shape index (κ2) is 7.70. The van der Waals surface area contributed by atoms with Crippen molar-refractivity contribution < 1.29 is 9.47 Å². The van der Waals surface area contributed by atoms with Gasteiger partial charge < -0.3 is 9.47 Å². The molecule has 0 atom stereocenters. The molecule has 5 heteroatoms. The molecule has 0 fully saturated rings. The minimum absolute atomic E-state index is 0.650. The van der Waals surface area contributed by atoms with Crippen molar-refractivity contribution in [2.24, 2.45) is 0 Å². The van der Waals surface area contributed by atoms with Crippen LogP contribution in [-0.4, -0.2) is 19.2 Å². The molecular formula is C23H17Cl2NO2. The summed E-state index contributed by atoms with van der Waals surface area (Å²) in [6.07, 6.45) is 0. The predicted molar refractivity (Wildman–Crippen MR) is 116 cm³/mol. The highest BCUT2D eigenvalue weighted by atomic mass is 35.5. The minimum Gasteiger partial charge on any atom is -0.497 e. The molecular weight excluding hydrogens is 393 g/mol. The molecule has 140 valence electrons. The fourth-order valence-corrected chi connectivity index (χ4v) is 3.66. The summed E-state index contributed by atoms with van der Waals surface area (Å²) in [5.74, 6) is 1.41. The molecule has 3 nitrogen and oxygen atoms in total. The number of ether oxygens (including phenoxy) is 2. The van der Waals surface area contributed by atoms with Gasteiger partial charge in [-0.3, -0.25) is 0 Å². The average Bonchev–Trinajstić information content (AvgIpc) is 2.73. The minimum atomic E-state index is 0.650. The van der Waals surface area contributed by atoms with Gasteiger partial charge in [0.1, 0.15) is 11.5 Å². The van der Waals surface area contributed by atoms with Crippen LogP contribution in [0.25, 0.3) is 33.3 Å². The van der Waals surface area contributed by atoms with E-state index in [0.717, 1.165) is 39.0 Å². The fourth-order valence-electron chi connectivity index (χ4n) is 3.25. The Labute approximate surface area is 173 Å². The lowest BCUT2D eigenvalue weighted by molar-refractivity contribution is 0.395. The first-order valence-corrected chi connectivity index (χ1v) is 9.44. The van der Waals surface area contributed by atoms with E-state index in [2.05, 4.69) is 0 Å². The van der Waals surface area contributed by atoms with E-state index in [4.69, 9.17) is 37.7 Å². The van der Waals surface area contributed by atoms with Crippen molar-refractivity contribution in [1.82, 2.24) is 4.98 Å². The second-order valence-electron chi connectivity index (χ2n) is 6.26. The number of halogens is 2. The predicted octanol–water partition coefficient (Wildman–Crippen LogP) is 6.89. The van der Waals surface area contributed by atoms with Gasteiger partial charge in [-0.1, -0.05) is 41.4 Å². The smallest absolute Gasteiger partial charge is 0.131 e. The highest BCUT2D eigenvalue weighted by molar-refractivity contribution is 6.34. The highest BCUT2D eigenvalue weighted by Gasteiger charge is 2.15. The highest BCUT2D eigenvalue weighted by Crippen LogP contribution is 2.39. The van der Waals surface area contributed by atoms with Crippen molar-refractivity contribution in [3.8, 4) is 33.9 Å². The molecule has 0 unspecified atom stereocenters. The van der Waals surface area contributed by atoms with Gasteiger partial charge in [-0.05, 0) is 48.0 Å². The summed E-state index contributed by atoms with van der Waals surface area (Å²) in [6, 6.07) is 21.1. The molecule has 3 aromatic carbocycles. The Morgan fingerprint density at radius 2 is 1.57 bits per heavy atom. The Morgan fingerprint density at radius 3 is 2.32 bits per heavy atom. The van der Waals surface area contributed by atoms with Crippen LogP contribution in [0.4, 0.5) is 0 Å². The van der Waals surface area contributed by atoms with Gasteiger partial charge in [0.2, 0.25) is 0 Å². The lowest BCUT2D eigenvalue weighted by Gasteiger charge is -2.14. The van der Waals surface area contributed by atoms with Gasteiger partial charge in [-0.25, -0.2) is 4.98 Å². The quantitative estimate of drug-likeness (QED) is 0.367. The van der Waals surface area contributed by atoms with Gasteiger partial charge in [0.15, 0.2) is 0 Å². The maximum absolute atomic E-state index is 6.50. The lowest BCUT2D eigenvalue weighted by Crippen LogP contribution is -1.94. The van der Waals surface area contributed by atoms with Crippen LogP contribution in [0.2, 0.25) is 10.0 Å². The summed E-state index contributed by atoms with van der Waals surface area (Å²) in [5.41, 5.74) is 4.37. The SMILES string of the molecule is COc1ccc(-c2cc(-c3ccccc3Cl)c3cc(Cl)ccc3n2)c(OC)c1. The molecule has 4 rings (SSSR count). The molecule has 1 heterocycles. The number of nitrogens with zero attached hydrogens (tertiary/aromatic N) is 1. The van der Waals surface area contributed by atoms with Gasteiger partial charge in [0.05, 0.1) is 25.4 Å².